The summed E-state index contributed by atoms with van der Waals surface area (Å²) in [5.74, 6) is 0.127. The Bertz CT molecular complexity index is 714. The van der Waals surface area contributed by atoms with Gasteiger partial charge in [0.1, 0.15) is 4.90 Å². The molecule has 23 heavy (non-hydrogen) atoms. The molecule has 1 aromatic carbocycles. The van der Waals surface area contributed by atoms with Crippen LogP contribution < -0.4 is 5.32 Å². The average molecular weight is 378 g/mol. The molecule has 0 spiro atoms. The third kappa shape index (κ3) is 3.21. The highest BCUT2D eigenvalue weighted by molar-refractivity contribution is 7.89. The van der Waals surface area contributed by atoms with Crippen molar-refractivity contribution in [2.24, 2.45) is 5.92 Å². The minimum atomic E-state index is -3.71. The number of hydrogen-bond donors (Lipinski definition) is 1. The first-order chi connectivity index (χ1) is 10.9. The zero-order chi connectivity index (χ0) is 16.6. The number of amides is 1. The van der Waals surface area contributed by atoms with E-state index in [1.165, 1.54) is 10.4 Å². The van der Waals surface area contributed by atoms with Crippen molar-refractivity contribution in [1.82, 2.24) is 14.5 Å². The number of nitrogens with zero attached hydrogens (tertiary/aromatic N) is 2. The first kappa shape index (κ1) is 17.0. The van der Waals surface area contributed by atoms with Gasteiger partial charge in [0.25, 0.3) is 0 Å². The van der Waals surface area contributed by atoms with E-state index in [2.05, 4.69) is 5.32 Å². The van der Waals surface area contributed by atoms with E-state index in [0.29, 0.717) is 26.2 Å². The molecule has 0 radical (unpaired) electrons. The smallest absolute Gasteiger partial charge is 0.244 e. The highest BCUT2D eigenvalue weighted by Gasteiger charge is 2.35. The Morgan fingerprint density at radius 2 is 1.78 bits per heavy atom. The van der Waals surface area contributed by atoms with Gasteiger partial charge in [0.15, 0.2) is 0 Å². The van der Waals surface area contributed by atoms with Crippen LogP contribution in [0.15, 0.2) is 23.1 Å². The maximum absolute atomic E-state index is 12.7. The van der Waals surface area contributed by atoms with Crippen molar-refractivity contribution >= 4 is 39.1 Å². The number of rotatable bonds is 3. The molecule has 6 nitrogen and oxygen atoms in total. The van der Waals surface area contributed by atoms with E-state index in [1.54, 1.807) is 17.0 Å². The molecule has 2 heterocycles. The molecule has 2 saturated heterocycles. The summed E-state index contributed by atoms with van der Waals surface area (Å²) in [6, 6.07) is 4.55. The summed E-state index contributed by atoms with van der Waals surface area (Å²) in [5.41, 5.74) is 0. The predicted octanol–water partition coefficient (Wildman–Crippen LogP) is 1.05. The van der Waals surface area contributed by atoms with Gasteiger partial charge in [-0.1, -0.05) is 29.3 Å². The number of nitrogens with one attached hydrogen (secondary N) is 1. The molecule has 126 valence electrons. The van der Waals surface area contributed by atoms with Crippen LogP contribution in [0.5, 0.6) is 0 Å². The lowest BCUT2D eigenvalue weighted by Crippen LogP contribution is -2.57. The molecule has 1 N–H and O–H groups in total. The average Bonchev–Trinajstić information content (AvgIpc) is 2.48. The van der Waals surface area contributed by atoms with Gasteiger partial charge in [-0.15, -0.1) is 0 Å². The fourth-order valence-electron chi connectivity index (χ4n) is 2.69. The summed E-state index contributed by atoms with van der Waals surface area (Å²) >= 11 is 11.9. The fraction of sp³-hybridized carbons (Fsp3) is 0.500. The van der Waals surface area contributed by atoms with Gasteiger partial charge >= 0.3 is 0 Å². The Hall–Kier alpha value is -0.860. The summed E-state index contributed by atoms with van der Waals surface area (Å²) in [5, 5.41) is 3.31. The fourth-order valence-corrected chi connectivity index (χ4v) is 4.85. The number of benzene rings is 1. The lowest BCUT2D eigenvalue weighted by molar-refractivity contribution is -0.138. The van der Waals surface area contributed by atoms with Crippen molar-refractivity contribution in [2.45, 2.75) is 4.90 Å². The van der Waals surface area contributed by atoms with Crippen LogP contribution >= 0.6 is 23.2 Å². The first-order valence-corrected chi connectivity index (χ1v) is 9.54. The Kier molecular flexibility index (Phi) is 4.85. The molecule has 2 fully saturated rings. The van der Waals surface area contributed by atoms with Crippen LogP contribution in [0.3, 0.4) is 0 Å². The van der Waals surface area contributed by atoms with Crippen molar-refractivity contribution in [3.05, 3.63) is 28.2 Å². The topological polar surface area (TPSA) is 69.7 Å². The number of sulfonamides is 1. The summed E-state index contributed by atoms with van der Waals surface area (Å²) in [6.45, 7) is 2.72. The van der Waals surface area contributed by atoms with Gasteiger partial charge < -0.3 is 10.2 Å². The van der Waals surface area contributed by atoms with E-state index in [1.807, 2.05) is 0 Å². The molecule has 0 aromatic heterocycles. The van der Waals surface area contributed by atoms with E-state index in [4.69, 9.17) is 23.2 Å². The van der Waals surface area contributed by atoms with Crippen LogP contribution in [0.1, 0.15) is 0 Å². The van der Waals surface area contributed by atoms with Gasteiger partial charge in [-0.3, -0.25) is 4.79 Å². The first-order valence-electron chi connectivity index (χ1n) is 7.35. The van der Waals surface area contributed by atoms with Gasteiger partial charge in [0.2, 0.25) is 15.9 Å². The molecule has 2 aliphatic rings. The highest BCUT2D eigenvalue weighted by Crippen LogP contribution is 2.31. The van der Waals surface area contributed by atoms with Gasteiger partial charge in [0.05, 0.1) is 16.0 Å². The Morgan fingerprint density at radius 1 is 1.13 bits per heavy atom. The van der Waals surface area contributed by atoms with Crippen molar-refractivity contribution in [2.75, 3.05) is 39.3 Å². The van der Waals surface area contributed by atoms with Gasteiger partial charge in [-0.2, -0.15) is 4.31 Å². The van der Waals surface area contributed by atoms with Crippen molar-refractivity contribution in [3.8, 4) is 0 Å². The van der Waals surface area contributed by atoms with Gasteiger partial charge in [-0.05, 0) is 12.1 Å². The zero-order valence-corrected chi connectivity index (χ0v) is 14.7. The van der Waals surface area contributed by atoms with Crippen LogP contribution in [-0.2, 0) is 14.8 Å². The summed E-state index contributed by atoms with van der Waals surface area (Å²) < 4.78 is 26.8. The van der Waals surface area contributed by atoms with E-state index >= 15 is 0 Å². The van der Waals surface area contributed by atoms with E-state index in [0.717, 1.165) is 0 Å². The van der Waals surface area contributed by atoms with Crippen LogP contribution in [0.2, 0.25) is 10.0 Å². The van der Waals surface area contributed by atoms with Crippen LogP contribution in [-0.4, -0.2) is 62.8 Å². The maximum atomic E-state index is 12.7. The predicted molar refractivity (Wildman–Crippen MR) is 88.2 cm³/mol. The molecule has 9 heteroatoms. The maximum Gasteiger partial charge on any atom is 0.244 e. The molecular formula is C14H17Cl2N3O3S. The van der Waals surface area contributed by atoms with Crippen LogP contribution in [0, 0.1) is 5.92 Å². The summed E-state index contributed by atoms with van der Waals surface area (Å²) in [7, 11) is -3.71. The second-order valence-corrected chi connectivity index (χ2v) is 8.33. The number of hydrogen-bond acceptors (Lipinski definition) is 4. The monoisotopic (exact) mass is 377 g/mol. The standard InChI is InChI=1S/C14H17Cl2N3O3S/c15-11-2-1-3-12(13(11)16)23(21,22)19-6-4-18(5-7-19)14(20)10-8-17-9-10/h1-3,10,17H,4-9H2. The molecule has 0 unspecified atom stereocenters. The number of carbonyl (C=O) groups is 1. The third-order valence-electron chi connectivity index (χ3n) is 4.22. The molecule has 1 amide bonds. The number of carbonyl (C=O) groups excluding carboxylic acids is 1. The lowest BCUT2D eigenvalue weighted by Gasteiger charge is -2.38. The molecule has 0 aliphatic carbocycles. The van der Waals surface area contributed by atoms with E-state index in [-0.39, 0.29) is 39.9 Å². The molecule has 0 atom stereocenters. The Morgan fingerprint density at radius 3 is 2.35 bits per heavy atom. The summed E-state index contributed by atoms with van der Waals surface area (Å²) in [4.78, 5) is 13.9. The van der Waals surface area contributed by atoms with Crippen molar-refractivity contribution in [3.63, 3.8) is 0 Å². The molecule has 0 bridgehead atoms. The van der Waals surface area contributed by atoms with Crippen LogP contribution in [0.4, 0.5) is 0 Å². The Labute approximate surface area is 145 Å². The molecular weight excluding hydrogens is 361 g/mol. The normalized spacial score (nSPS) is 20.3. The van der Waals surface area contributed by atoms with Gasteiger partial charge in [0, 0.05) is 39.3 Å². The molecule has 1 aromatic rings. The second kappa shape index (κ2) is 6.57. The highest BCUT2D eigenvalue weighted by atomic mass is 35.5. The quantitative estimate of drug-likeness (QED) is 0.854. The molecule has 0 saturated carbocycles. The largest absolute Gasteiger partial charge is 0.340 e. The number of halogens is 2. The minimum Gasteiger partial charge on any atom is -0.340 e. The second-order valence-electron chi connectivity index (χ2n) is 5.64. The SMILES string of the molecule is O=C(C1CNC1)N1CCN(S(=O)(=O)c2cccc(Cl)c2Cl)CC1. The minimum absolute atomic E-state index is 0.00892. The van der Waals surface area contributed by atoms with E-state index in [9.17, 15) is 13.2 Å². The van der Waals surface area contributed by atoms with Crippen molar-refractivity contribution in [1.29, 1.82) is 0 Å². The van der Waals surface area contributed by atoms with Gasteiger partial charge in [-0.25, -0.2) is 8.42 Å². The molecule has 2 aliphatic heterocycles. The molecule has 3 rings (SSSR count). The van der Waals surface area contributed by atoms with E-state index < -0.39 is 10.0 Å². The Balaban J connectivity index is 1.71. The van der Waals surface area contributed by atoms with Crippen molar-refractivity contribution < 1.29 is 13.2 Å². The number of piperazine rings is 1. The summed E-state index contributed by atoms with van der Waals surface area (Å²) in [6.07, 6.45) is 0. The van der Waals surface area contributed by atoms with Crippen LogP contribution in [0.25, 0.3) is 0 Å². The zero-order valence-electron chi connectivity index (χ0n) is 12.3. The third-order valence-corrected chi connectivity index (χ3v) is 7.09. The lowest BCUT2D eigenvalue weighted by atomic mass is 10.0.